The number of rotatable bonds is 10. The Morgan fingerprint density at radius 3 is 2.51 bits per heavy atom. The molecule has 0 fully saturated rings. The predicted octanol–water partition coefficient (Wildman–Crippen LogP) is 6.45. The summed E-state index contributed by atoms with van der Waals surface area (Å²) in [7, 11) is 0. The Kier molecular flexibility index (Phi) is 7.64. The third-order valence-electron chi connectivity index (χ3n) is 5.46. The number of allylic oxidation sites excluding steroid dienone is 1. The second-order valence-corrected chi connectivity index (χ2v) is 8.14. The van der Waals surface area contributed by atoms with E-state index in [0.29, 0.717) is 17.1 Å². The Balaban J connectivity index is 1.25. The van der Waals surface area contributed by atoms with Crippen LogP contribution in [-0.2, 0) is 25.7 Å². The number of aryl methyl sites for hydroxylation is 2. The SMILES string of the molecule is C/C(=C\c1nc(COc2ccc(CCCCn3ccnn3)cc2)co1)c1ccc(C(F)(F)F)cc1. The lowest BCUT2D eigenvalue weighted by molar-refractivity contribution is -0.137. The van der Waals surface area contributed by atoms with Crippen molar-refractivity contribution < 1.29 is 22.3 Å². The molecule has 0 aliphatic rings. The van der Waals surface area contributed by atoms with Crippen molar-refractivity contribution in [2.45, 2.75) is 45.5 Å². The molecule has 0 saturated carbocycles. The van der Waals surface area contributed by atoms with E-state index in [2.05, 4.69) is 27.4 Å². The van der Waals surface area contributed by atoms with Gasteiger partial charge < -0.3 is 9.15 Å². The molecular formula is C26H25F3N4O2. The standard InChI is InChI=1S/C26H25F3N4O2/c1-19(21-7-9-22(10-8-21)26(27,28)29)16-25-31-23(18-35-25)17-34-24-11-5-20(6-12-24)4-2-3-14-33-15-13-30-32-33/h5-13,15-16,18H,2-4,14,17H2,1H3/b19-16+. The van der Waals surface area contributed by atoms with Gasteiger partial charge in [-0.1, -0.05) is 29.5 Å². The lowest BCUT2D eigenvalue weighted by Gasteiger charge is -2.07. The maximum Gasteiger partial charge on any atom is 0.416 e. The molecule has 0 bridgehead atoms. The van der Waals surface area contributed by atoms with Gasteiger partial charge in [-0.05, 0) is 67.2 Å². The molecule has 9 heteroatoms. The number of ether oxygens (including phenoxy) is 1. The topological polar surface area (TPSA) is 66.0 Å². The van der Waals surface area contributed by atoms with Gasteiger partial charge in [-0.2, -0.15) is 13.2 Å². The van der Waals surface area contributed by atoms with Gasteiger partial charge in [0.1, 0.15) is 24.3 Å². The first-order valence-electron chi connectivity index (χ1n) is 11.2. The van der Waals surface area contributed by atoms with Gasteiger partial charge in [0, 0.05) is 18.8 Å². The molecule has 2 aromatic carbocycles. The van der Waals surface area contributed by atoms with E-state index in [1.54, 1.807) is 19.2 Å². The van der Waals surface area contributed by atoms with Gasteiger partial charge in [0.25, 0.3) is 0 Å². The number of hydrogen-bond donors (Lipinski definition) is 0. The number of aromatic nitrogens is 4. The summed E-state index contributed by atoms with van der Waals surface area (Å²) in [5, 5.41) is 7.76. The second kappa shape index (κ2) is 11.0. The Bertz CT molecular complexity index is 1230. The molecule has 6 nitrogen and oxygen atoms in total. The minimum Gasteiger partial charge on any atom is -0.487 e. The normalized spacial score (nSPS) is 12.2. The monoisotopic (exact) mass is 482 g/mol. The van der Waals surface area contributed by atoms with Crippen molar-refractivity contribution in [1.82, 2.24) is 20.0 Å². The smallest absolute Gasteiger partial charge is 0.416 e. The van der Waals surface area contributed by atoms with Gasteiger partial charge in [-0.25, -0.2) is 4.98 Å². The Morgan fingerprint density at radius 2 is 1.83 bits per heavy atom. The van der Waals surface area contributed by atoms with Crippen LogP contribution in [0, 0.1) is 0 Å². The van der Waals surface area contributed by atoms with E-state index in [4.69, 9.17) is 9.15 Å². The lowest BCUT2D eigenvalue weighted by Crippen LogP contribution is -2.04. The zero-order valence-corrected chi connectivity index (χ0v) is 19.2. The molecule has 4 rings (SSSR count). The molecule has 182 valence electrons. The van der Waals surface area contributed by atoms with Crippen LogP contribution >= 0.6 is 0 Å². The van der Waals surface area contributed by atoms with Crippen LogP contribution in [0.25, 0.3) is 11.6 Å². The third-order valence-corrected chi connectivity index (χ3v) is 5.46. The van der Waals surface area contributed by atoms with Crippen LogP contribution in [-0.4, -0.2) is 20.0 Å². The van der Waals surface area contributed by atoms with Gasteiger partial charge >= 0.3 is 6.18 Å². The molecule has 2 heterocycles. The second-order valence-electron chi connectivity index (χ2n) is 8.14. The van der Waals surface area contributed by atoms with Crippen molar-refractivity contribution in [3.05, 3.63) is 95.5 Å². The largest absolute Gasteiger partial charge is 0.487 e. The van der Waals surface area contributed by atoms with Crippen molar-refractivity contribution >= 4 is 11.6 Å². The van der Waals surface area contributed by atoms with Gasteiger partial charge in [-0.3, -0.25) is 4.68 Å². The summed E-state index contributed by atoms with van der Waals surface area (Å²) < 4.78 is 51.3. The predicted molar refractivity (Wildman–Crippen MR) is 125 cm³/mol. The minimum absolute atomic E-state index is 0.244. The van der Waals surface area contributed by atoms with Crippen molar-refractivity contribution in [1.29, 1.82) is 0 Å². The van der Waals surface area contributed by atoms with Crippen molar-refractivity contribution in [2.75, 3.05) is 0 Å². The molecule has 35 heavy (non-hydrogen) atoms. The quantitative estimate of drug-likeness (QED) is 0.243. The van der Waals surface area contributed by atoms with Crippen molar-refractivity contribution in [2.24, 2.45) is 0 Å². The van der Waals surface area contributed by atoms with Crippen LogP contribution in [0.2, 0.25) is 0 Å². The molecule has 0 unspecified atom stereocenters. The number of nitrogens with zero attached hydrogens (tertiary/aromatic N) is 4. The molecule has 4 aromatic rings. The first-order valence-corrected chi connectivity index (χ1v) is 11.2. The van der Waals surface area contributed by atoms with E-state index in [1.807, 2.05) is 23.0 Å². The Hall–Kier alpha value is -3.88. The Morgan fingerprint density at radius 1 is 1.06 bits per heavy atom. The van der Waals surface area contributed by atoms with E-state index >= 15 is 0 Å². The van der Waals surface area contributed by atoms with Crippen LogP contribution in [0.3, 0.4) is 0 Å². The van der Waals surface area contributed by atoms with Crippen LogP contribution in [0.15, 0.2) is 71.6 Å². The van der Waals surface area contributed by atoms with Crippen LogP contribution in [0.4, 0.5) is 13.2 Å². The fraction of sp³-hybridized carbons (Fsp3) is 0.269. The molecule has 0 aliphatic carbocycles. The number of unbranched alkanes of at least 4 members (excludes halogenated alkanes) is 1. The van der Waals surface area contributed by atoms with Crippen molar-refractivity contribution in [3.63, 3.8) is 0 Å². The highest BCUT2D eigenvalue weighted by Gasteiger charge is 2.29. The van der Waals surface area contributed by atoms with E-state index in [-0.39, 0.29) is 6.61 Å². The number of benzene rings is 2. The van der Waals surface area contributed by atoms with Gasteiger partial charge in [-0.15, -0.1) is 5.10 Å². The fourth-order valence-electron chi connectivity index (χ4n) is 3.51. The molecule has 0 aliphatic heterocycles. The summed E-state index contributed by atoms with van der Waals surface area (Å²) in [6.07, 6.45) is 5.45. The fourth-order valence-corrected chi connectivity index (χ4v) is 3.51. The van der Waals surface area contributed by atoms with Crippen LogP contribution in [0.5, 0.6) is 5.75 Å². The zero-order chi connectivity index (χ0) is 24.7. The summed E-state index contributed by atoms with van der Waals surface area (Å²) in [5.41, 5.74) is 2.58. The molecule has 0 saturated heterocycles. The lowest BCUT2D eigenvalue weighted by atomic mass is 10.0. The van der Waals surface area contributed by atoms with Crippen LogP contribution in [0.1, 0.15) is 48.0 Å². The summed E-state index contributed by atoms with van der Waals surface area (Å²) in [6, 6.07) is 13.0. The molecule has 0 spiro atoms. The van der Waals surface area contributed by atoms with E-state index in [1.165, 1.54) is 24.0 Å². The summed E-state index contributed by atoms with van der Waals surface area (Å²) in [4.78, 5) is 4.38. The maximum atomic E-state index is 12.7. The number of alkyl halides is 3. The maximum absolute atomic E-state index is 12.7. The summed E-state index contributed by atoms with van der Waals surface area (Å²) in [6.45, 7) is 2.90. The Labute approximate surface area is 201 Å². The molecule has 0 N–H and O–H groups in total. The first kappa shape index (κ1) is 24.3. The van der Waals surface area contributed by atoms with E-state index in [0.717, 1.165) is 49.3 Å². The molecule has 0 amide bonds. The van der Waals surface area contributed by atoms with Crippen molar-refractivity contribution in [3.8, 4) is 5.75 Å². The third kappa shape index (κ3) is 7.05. The molecule has 0 radical (unpaired) electrons. The molecular weight excluding hydrogens is 457 g/mol. The van der Waals surface area contributed by atoms with E-state index < -0.39 is 11.7 Å². The molecule has 0 atom stereocenters. The summed E-state index contributed by atoms with van der Waals surface area (Å²) >= 11 is 0. The number of hydrogen-bond acceptors (Lipinski definition) is 5. The number of halogens is 3. The average molecular weight is 483 g/mol. The average Bonchev–Trinajstić information content (AvgIpc) is 3.53. The molecule has 2 aromatic heterocycles. The minimum atomic E-state index is -4.35. The highest BCUT2D eigenvalue weighted by Crippen LogP contribution is 2.30. The number of oxazole rings is 1. The van der Waals surface area contributed by atoms with Gasteiger partial charge in [0.15, 0.2) is 0 Å². The highest BCUT2D eigenvalue weighted by atomic mass is 19.4. The van der Waals surface area contributed by atoms with Gasteiger partial charge in [0.2, 0.25) is 5.89 Å². The van der Waals surface area contributed by atoms with Gasteiger partial charge in [0.05, 0.1) is 11.8 Å². The highest BCUT2D eigenvalue weighted by molar-refractivity contribution is 5.77. The summed E-state index contributed by atoms with van der Waals surface area (Å²) in [5.74, 6) is 1.10. The first-order chi connectivity index (χ1) is 16.9. The zero-order valence-electron chi connectivity index (χ0n) is 19.2. The van der Waals surface area contributed by atoms with Crippen LogP contribution < -0.4 is 4.74 Å². The van der Waals surface area contributed by atoms with E-state index in [9.17, 15) is 13.2 Å².